The summed E-state index contributed by atoms with van der Waals surface area (Å²) in [6, 6.07) is 10.8. The minimum Gasteiger partial charge on any atom is -0.455 e. The maximum absolute atomic E-state index is 14.4. The van der Waals surface area contributed by atoms with Gasteiger partial charge in [-0.1, -0.05) is 6.07 Å². The molecule has 1 unspecified atom stereocenters. The van der Waals surface area contributed by atoms with Crippen molar-refractivity contribution < 1.29 is 18.0 Å². The molecule has 0 aliphatic heterocycles. The number of hydrogen-bond acceptors (Lipinski definition) is 5. The summed E-state index contributed by atoms with van der Waals surface area (Å²) >= 11 is 0. The highest BCUT2D eigenvalue weighted by molar-refractivity contribution is 5.99. The molecule has 1 atom stereocenters. The van der Waals surface area contributed by atoms with E-state index in [4.69, 9.17) is 10.2 Å². The van der Waals surface area contributed by atoms with Crippen molar-refractivity contribution in [2.24, 2.45) is 12.8 Å². The van der Waals surface area contributed by atoms with Crippen LogP contribution in [0.3, 0.4) is 0 Å². The Morgan fingerprint density at radius 3 is 2.62 bits per heavy atom. The number of amides is 1. The number of rotatable bonds is 5. The first-order valence-electron chi connectivity index (χ1n) is 11.6. The van der Waals surface area contributed by atoms with Crippen LogP contribution in [0.25, 0.3) is 33.2 Å². The van der Waals surface area contributed by atoms with Gasteiger partial charge < -0.3 is 15.5 Å². The number of carbonyl (C=O) groups is 1. The zero-order valence-electron chi connectivity index (χ0n) is 20.6. The second-order valence-corrected chi connectivity index (χ2v) is 9.21. The molecule has 0 bridgehead atoms. The number of carbonyl (C=O) groups excluding carboxylic acids is 1. The molecule has 37 heavy (non-hydrogen) atoms. The van der Waals surface area contributed by atoms with Crippen molar-refractivity contribution in [1.82, 2.24) is 9.78 Å². The van der Waals surface area contributed by atoms with E-state index >= 15 is 0 Å². The number of nitrogens with zero attached hydrogens (tertiary/aromatic N) is 2. The number of hydrogen-bond donors (Lipinski definition) is 2. The molecule has 5 rings (SSSR count). The molecule has 0 saturated heterocycles. The molecule has 3 N–H and O–H groups in total. The van der Waals surface area contributed by atoms with Crippen LogP contribution in [0.15, 0.2) is 57.9 Å². The molecule has 3 aromatic carbocycles. The average molecular weight is 503 g/mol. The number of halogens is 2. The highest BCUT2D eigenvalue weighted by Gasteiger charge is 2.23. The first-order valence-corrected chi connectivity index (χ1v) is 11.6. The van der Waals surface area contributed by atoms with Crippen LogP contribution in [0.4, 0.5) is 14.5 Å². The summed E-state index contributed by atoms with van der Waals surface area (Å²) in [6.07, 6.45) is 1.88. The summed E-state index contributed by atoms with van der Waals surface area (Å²) < 4.78 is 36.2. The minimum absolute atomic E-state index is 0.0327. The number of benzene rings is 3. The van der Waals surface area contributed by atoms with Gasteiger partial charge in [-0.25, -0.2) is 8.78 Å². The van der Waals surface area contributed by atoms with Gasteiger partial charge in [0.2, 0.25) is 0 Å². The number of anilines is 1. The van der Waals surface area contributed by atoms with Crippen LogP contribution < -0.4 is 16.5 Å². The zero-order valence-corrected chi connectivity index (χ0v) is 20.6. The van der Waals surface area contributed by atoms with E-state index in [1.807, 2.05) is 44.4 Å². The van der Waals surface area contributed by atoms with Crippen LogP contribution in [-0.4, -0.2) is 15.7 Å². The molecule has 0 saturated carbocycles. The van der Waals surface area contributed by atoms with Gasteiger partial charge in [0.15, 0.2) is 17.1 Å². The van der Waals surface area contributed by atoms with E-state index in [1.165, 1.54) is 6.07 Å². The van der Waals surface area contributed by atoms with Crippen molar-refractivity contribution in [3.63, 3.8) is 0 Å². The van der Waals surface area contributed by atoms with Crippen LogP contribution in [0, 0.1) is 25.5 Å². The lowest BCUT2D eigenvalue weighted by Gasteiger charge is -2.20. The van der Waals surface area contributed by atoms with Gasteiger partial charge in [-0.2, -0.15) is 5.10 Å². The molecule has 7 nitrogen and oxygen atoms in total. The second-order valence-electron chi connectivity index (χ2n) is 9.21. The fourth-order valence-corrected chi connectivity index (χ4v) is 4.68. The van der Waals surface area contributed by atoms with Gasteiger partial charge in [0.1, 0.15) is 16.9 Å². The van der Waals surface area contributed by atoms with Gasteiger partial charge in [-0.3, -0.25) is 14.3 Å². The first kappa shape index (κ1) is 24.2. The summed E-state index contributed by atoms with van der Waals surface area (Å²) in [5.41, 5.74) is 8.38. The SMILES string of the molecule is Cc1cc(C(C)Nc2ccc(F)c(F)c2C(N)=O)c2oc(-c3ccc4nn(C)cc4c3)c(C)c(=O)c2c1. The molecular weight excluding hydrogens is 478 g/mol. The highest BCUT2D eigenvalue weighted by Crippen LogP contribution is 2.34. The Kier molecular flexibility index (Phi) is 5.78. The van der Waals surface area contributed by atoms with E-state index in [-0.39, 0.29) is 11.1 Å². The molecule has 2 aromatic heterocycles. The topological polar surface area (TPSA) is 103 Å². The van der Waals surface area contributed by atoms with Crippen molar-refractivity contribution in [1.29, 1.82) is 0 Å². The van der Waals surface area contributed by atoms with Gasteiger partial charge in [0.05, 0.1) is 22.6 Å². The maximum Gasteiger partial charge on any atom is 0.253 e. The van der Waals surface area contributed by atoms with Gasteiger partial charge in [-0.05, 0) is 62.7 Å². The van der Waals surface area contributed by atoms with Crippen molar-refractivity contribution in [2.75, 3.05) is 5.32 Å². The van der Waals surface area contributed by atoms with Crippen LogP contribution in [-0.2, 0) is 7.05 Å². The Balaban J connectivity index is 1.68. The molecular formula is C28H24F2N4O3. The lowest BCUT2D eigenvalue weighted by Crippen LogP contribution is -2.19. The average Bonchev–Trinajstić information content (AvgIpc) is 3.22. The molecule has 2 heterocycles. The van der Waals surface area contributed by atoms with Gasteiger partial charge in [-0.15, -0.1) is 0 Å². The van der Waals surface area contributed by atoms with Crippen LogP contribution in [0.5, 0.6) is 0 Å². The fraction of sp³-hybridized carbons (Fsp3) is 0.179. The third-order valence-electron chi connectivity index (χ3n) is 6.45. The van der Waals surface area contributed by atoms with Gasteiger partial charge in [0.25, 0.3) is 5.91 Å². The number of nitrogens with one attached hydrogen (secondary N) is 1. The van der Waals surface area contributed by atoms with E-state index in [0.29, 0.717) is 27.9 Å². The van der Waals surface area contributed by atoms with E-state index < -0.39 is 29.1 Å². The second kappa shape index (κ2) is 8.85. The smallest absolute Gasteiger partial charge is 0.253 e. The largest absolute Gasteiger partial charge is 0.455 e. The highest BCUT2D eigenvalue weighted by atomic mass is 19.2. The van der Waals surface area contributed by atoms with E-state index in [0.717, 1.165) is 28.1 Å². The van der Waals surface area contributed by atoms with Crippen molar-refractivity contribution in [3.8, 4) is 11.3 Å². The lowest BCUT2D eigenvalue weighted by molar-refractivity contribution is 0.0996. The monoisotopic (exact) mass is 502 g/mol. The maximum atomic E-state index is 14.4. The molecule has 5 aromatic rings. The number of aromatic nitrogens is 2. The minimum atomic E-state index is -1.32. The number of fused-ring (bicyclic) bond motifs is 2. The summed E-state index contributed by atoms with van der Waals surface area (Å²) in [6.45, 7) is 5.33. The third kappa shape index (κ3) is 4.12. The molecule has 0 fully saturated rings. The fourth-order valence-electron chi connectivity index (χ4n) is 4.68. The molecule has 0 aliphatic carbocycles. The third-order valence-corrected chi connectivity index (χ3v) is 6.45. The molecule has 188 valence electrons. The molecule has 0 aliphatic rings. The van der Waals surface area contributed by atoms with Crippen LogP contribution in [0.1, 0.15) is 40.0 Å². The Hall–Kier alpha value is -4.53. The lowest BCUT2D eigenvalue weighted by atomic mass is 9.98. The predicted molar refractivity (Wildman–Crippen MR) is 139 cm³/mol. The molecule has 0 radical (unpaired) electrons. The van der Waals surface area contributed by atoms with Gasteiger partial charge in [0, 0.05) is 35.3 Å². The molecule has 9 heteroatoms. The van der Waals surface area contributed by atoms with Crippen molar-refractivity contribution >= 4 is 33.5 Å². The number of nitrogens with two attached hydrogens (primary N) is 1. The zero-order chi connectivity index (χ0) is 26.6. The summed E-state index contributed by atoms with van der Waals surface area (Å²) in [5.74, 6) is -3.18. The van der Waals surface area contributed by atoms with E-state index in [9.17, 15) is 18.4 Å². The Labute approximate surface area is 210 Å². The van der Waals surface area contributed by atoms with E-state index in [1.54, 1.807) is 24.6 Å². The van der Waals surface area contributed by atoms with Crippen molar-refractivity contribution in [3.05, 3.63) is 92.8 Å². The normalized spacial score (nSPS) is 12.3. The van der Waals surface area contributed by atoms with Gasteiger partial charge >= 0.3 is 0 Å². The van der Waals surface area contributed by atoms with Crippen LogP contribution in [0.2, 0.25) is 0 Å². The summed E-state index contributed by atoms with van der Waals surface area (Å²) in [5, 5.41) is 8.72. The Morgan fingerprint density at radius 2 is 1.89 bits per heavy atom. The standard InChI is InChI=1S/C28H24F2N4O3/c1-13-9-18(15(3)32-22-8-6-20(29)24(30)23(22)28(31)36)27-19(10-13)25(35)14(2)26(37-27)16-5-7-21-17(11-16)12-34(4)33-21/h5-12,15,32H,1-4H3,(H2,31,36). The Morgan fingerprint density at radius 1 is 1.14 bits per heavy atom. The quantitative estimate of drug-likeness (QED) is 0.330. The van der Waals surface area contributed by atoms with Crippen LogP contribution >= 0.6 is 0 Å². The summed E-state index contributed by atoms with van der Waals surface area (Å²) in [7, 11) is 1.83. The van der Waals surface area contributed by atoms with E-state index in [2.05, 4.69) is 10.4 Å². The summed E-state index contributed by atoms with van der Waals surface area (Å²) in [4.78, 5) is 25.3. The first-order chi connectivity index (χ1) is 17.5. The number of aryl methyl sites for hydroxylation is 2. The predicted octanol–water partition coefficient (Wildman–Crippen LogP) is 5.51. The molecule has 0 spiro atoms. The number of primary amides is 1. The van der Waals surface area contributed by atoms with Crippen molar-refractivity contribution in [2.45, 2.75) is 26.8 Å². The Bertz CT molecular complexity index is 1790. The molecule has 1 amide bonds.